The lowest BCUT2D eigenvalue weighted by molar-refractivity contribution is 0.0383. The van der Waals surface area contributed by atoms with E-state index in [2.05, 4.69) is 27.7 Å². The number of amides is 1. The molecule has 2 saturated heterocycles. The molecule has 5 heteroatoms. The van der Waals surface area contributed by atoms with E-state index in [1.165, 1.54) is 18.4 Å². The van der Waals surface area contributed by atoms with Crippen LogP contribution in [0.4, 0.5) is 0 Å². The van der Waals surface area contributed by atoms with Crippen LogP contribution in [0, 0.1) is 5.92 Å². The summed E-state index contributed by atoms with van der Waals surface area (Å²) in [5.74, 6) is 0.779. The zero-order valence-corrected chi connectivity index (χ0v) is 14.4. The SMILES string of the molecule is O=C(NCCN1CCOCC1)c1cccc(CC2CCNCC2)c1. The molecule has 0 unspecified atom stereocenters. The first kappa shape index (κ1) is 17.4. The highest BCUT2D eigenvalue weighted by Crippen LogP contribution is 2.18. The van der Waals surface area contributed by atoms with Gasteiger partial charge in [-0.3, -0.25) is 9.69 Å². The predicted octanol–water partition coefficient (Wildman–Crippen LogP) is 1.29. The van der Waals surface area contributed by atoms with E-state index in [1.54, 1.807) is 0 Å². The van der Waals surface area contributed by atoms with E-state index in [4.69, 9.17) is 4.74 Å². The number of carbonyl (C=O) groups is 1. The first-order valence-electron chi connectivity index (χ1n) is 9.19. The Morgan fingerprint density at radius 1 is 1.25 bits per heavy atom. The van der Waals surface area contributed by atoms with Crippen LogP contribution in [-0.4, -0.2) is 63.3 Å². The largest absolute Gasteiger partial charge is 0.379 e. The minimum atomic E-state index is 0.0374. The molecule has 3 rings (SSSR count). The number of hydrogen-bond donors (Lipinski definition) is 2. The number of nitrogens with zero attached hydrogens (tertiary/aromatic N) is 1. The molecule has 2 N–H and O–H groups in total. The second-order valence-electron chi connectivity index (χ2n) is 6.81. The highest BCUT2D eigenvalue weighted by atomic mass is 16.5. The van der Waals surface area contributed by atoms with Gasteiger partial charge in [0, 0.05) is 31.7 Å². The van der Waals surface area contributed by atoms with Crippen molar-refractivity contribution in [2.45, 2.75) is 19.3 Å². The number of piperidine rings is 1. The van der Waals surface area contributed by atoms with Crippen molar-refractivity contribution >= 4 is 5.91 Å². The van der Waals surface area contributed by atoms with Crippen LogP contribution in [0.15, 0.2) is 24.3 Å². The number of carbonyl (C=O) groups excluding carboxylic acids is 1. The molecule has 0 spiro atoms. The zero-order valence-electron chi connectivity index (χ0n) is 14.4. The van der Waals surface area contributed by atoms with Gasteiger partial charge in [-0.1, -0.05) is 12.1 Å². The molecule has 132 valence electrons. The summed E-state index contributed by atoms with van der Waals surface area (Å²) in [6.07, 6.45) is 3.54. The second kappa shape index (κ2) is 9.16. The zero-order chi connectivity index (χ0) is 16.6. The number of benzene rings is 1. The summed E-state index contributed by atoms with van der Waals surface area (Å²) in [5, 5.41) is 6.45. The third-order valence-electron chi connectivity index (χ3n) is 4.99. The Balaban J connectivity index is 1.46. The Kier molecular flexibility index (Phi) is 6.64. The monoisotopic (exact) mass is 331 g/mol. The average Bonchev–Trinajstić information content (AvgIpc) is 2.64. The van der Waals surface area contributed by atoms with Crippen molar-refractivity contribution in [1.29, 1.82) is 0 Å². The minimum Gasteiger partial charge on any atom is -0.379 e. The van der Waals surface area contributed by atoms with Gasteiger partial charge < -0.3 is 15.4 Å². The van der Waals surface area contributed by atoms with Gasteiger partial charge in [-0.25, -0.2) is 0 Å². The van der Waals surface area contributed by atoms with Crippen LogP contribution in [0.3, 0.4) is 0 Å². The van der Waals surface area contributed by atoms with Gasteiger partial charge in [0.1, 0.15) is 0 Å². The molecule has 5 nitrogen and oxygen atoms in total. The van der Waals surface area contributed by atoms with Crippen molar-refractivity contribution in [1.82, 2.24) is 15.5 Å². The van der Waals surface area contributed by atoms with Gasteiger partial charge in [-0.15, -0.1) is 0 Å². The van der Waals surface area contributed by atoms with Gasteiger partial charge in [0.2, 0.25) is 0 Å². The van der Waals surface area contributed by atoms with Gasteiger partial charge >= 0.3 is 0 Å². The van der Waals surface area contributed by atoms with E-state index in [0.717, 1.165) is 63.8 Å². The first-order valence-corrected chi connectivity index (χ1v) is 9.19. The van der Waals surface area contributed by atoms with E-state index in [0.29, 0.717) is 6.54 Å². The topological polar surface area (TPSA) is 53.6 Å². The normalized spacial score (nSPS) is 20.0. The predicted molar refractivity (Wildman–Crippen MR) is 95.3 cm³/mol. The molecule has 1 amide bonds. The molecule has 2 aliphatic heterocycles. The average molecular weight is 331 g/mol. The van der Waals surface area contributed by atoms with Gasteiger partial charge in [-0.2, -0.15) is 0 Å². The van der Waals surface area contributed by atoms with Gasteiger partial charge in [0.15, 0.2) is 0 Å². The van der Waals surface area contributed by atoms with Crippen molar-refractivity contribution < 1.29 is 9.53 Å². The number of morpholine rings is 1. The Bertz CT molecular complexity index is 523. The summed E-state index contributed by atoms with van der Waals surface area (Å²) in [6.45, 7) is 7.34. The summed E-state index contributed by atoms with van der Waals surface area (Å²) in [5.41, 5.74) is 2.06. The molecular formula is C19H29N3O2. The number of hydrogen-bond acceptors (Lipinski definition) is 4. The summed E-state index contributed by atoms with van der Waals surface area (Å²) >= 11 is 0. The molecule has 1 aromatic carbocycles. The van der Waals surface area contributed by atoms with E-state index < -0.39 is 0 Å². The summed E-state index contributed by atoms with van der Waals surface area (Å²) in [6, 6.07) is 8.13. The first-order chi connectivity index (χ1) is 11.8. The van der Waals surface area contributed by atoms with E-state index in [9.17, 15) is 4.79 Å². The fourth-order valence-electron chi connectivity index (χ4n) is 3.51. The maximum atomic E-state index is 12.4. The summed E-state index contributed by atoms with van der Waals surface area (Å²) < 4.78 is 5.34. The van der Waals surface area contributed by atoms with Gasteiger partial charge in [0.25, 0.3) is 5.91 Å². The smallest absolute Gasteiger partial charge is 0.251 e. The molecule has 0 atom stereocenters. The van der Waals surface area contributed by atoms with Crippen LogP contribution in [0.5, 0.6) is 0 Å². The maximum Gasteiger partial charge on any atom is 0.251 e. The van der Waals surface area contributed by atoms with Crippen LogP contribution in [0.2, 0.25) is 0 Å². The Morgan fingerprint density at radius 2 is 2.04 bits per heavy atom. The summed E-state index contributed by atoms with van der Waals surface area (Å²) in [7, 11) is 0. The highest BCUT2D eigenvalue weighted by molar-refractivity contribution is 5.94. The van der Waals surface area contributed by atoms with Crippen LogP contribution >= 0.6 is 0 Å². The van der Waals surface area contributed by atoms with Crippen LogP contribution in [0.1, 0.15) is 28.8 Å². The molecule has 0 bridgehead atoms. The fraction of sp³-hybridized carbons (Fsp3) is 0.632. The van der Waals surface area contributed by atoms with Crippen LogP contribution in [0.25, 0.3) is 0 Å². The number of nitrogens with one attached hydrogen (secondary N) is 2. The third kappa shape index (κ3) is 5.30. The van der Waals surface area contributed by atoms with E-state index >= 15 is 0 Å². The molecule has 2 fully saturated rings. The maximum absolute atomic E-state index is 12.4. The second-order valence-corrected chi connectivity index (χ2v) is 6.81. The molecule has 0 saturated carbocycles. The fourth-order valence-corrected chi connectivity index (χ4v) is 3.51. The Labute approximate surface area is 144 Å². The summed E-state index contributed by atoms with van der Waals surface area (Å²) in [4.78, 5) is 14.7. The van der Waals surface area contributed by atoms with Crippen LogP contribution in [-0.2, 0) is 11.2 Å². The Morgan fingerprint density at radius 3 is 2.83 bits per heavy atom. The highest BCUT2D eigenvalue weighted by Gasteiger charge is 2.15. The third-order valence-corrected chi connectivity index (χ3v) is 4.99. The molecule has 1 aromatic rings. The van der Waals surface area contributed by atoms with Crippen molar-refractivity contribution in [2.75, 3.05) is 52.5 Å². The molecule has 0 aliphatic carbocycles. The number of ether oxygens (including phenoxy) is 1. The molecule has 2 aliphatic rings. The molecule has 2 heterocycles. The molecule has 0 aromatic heterocycles. The minimum absolute atomic E-state index is 0.0374. The lowest BCUT2D eigenvalue weighted by Crippen LogP contribution is -2.41. The van der Waals surface area contributed by atoms with Gasteiger partial charge in [-0.05, 0) is 56.0 Å². The van der Waals surface area contributed by atoms with Crippen molar-refractivity contribution in [2.24, 2.45) is 5.92 Å². The molecule has 0 radical (unpaired) electrons. The molecule has 24 heavy (non-hydrogen) atoms. The van der Waals surface area contributed by atoms with Crippen molar-refractivity contribution in [3.63, 3.8) is 0 Å². The number of rotatable bonds is 6. The standard InChI is InChI=1S/C19H29N3O2/c23-19(21-8-9-22-10-12-24-13-11-22)18-3-1-2-17(15-18)14-16-4-6-20-7-5-16/h1-3,15-16,20H,4-14H2,(H,21,23). The van der Waals surface area contributed by atoms with Gasteiger partial charge in [0.05, 0.1) is 13.2 Å². The molecular weight excluding hydrogens is 302 g/mol. The lowest BCUT2D eigenvalue weighted by atomic mass is 9.90. The van der Waals surface area contributed by atoms with Crippen molar-refractivity contribution in [3.05, 3.63) is 35.4 Å². The van der Waals surface area contributed by atoms with Crippen molar-refractivity contribution in [3.8, 4) is 0 Å². The van der Waals surface area contributed by atoms with E-state index in [-0.39, 0.29) is 5.91 Å². The van der Waals surface area contributed by atoms with E-state index in [1.807, 2.05) is 12.1 Å². The lowest BCUT2D eigenvalue weighted by Gasteiger charge is -2.26. The quantitative estimate of drug-likeness (QED) is 0.825. The Hall–Kier alpha value is -1.43. The van der Waals surface area contributed by atoms with Crippen LogP contribution < -0.4 is 10.6 Å².